The summed E-state index contributed by atoms with van der Waals surface area (Å²) in [4.78, 5) is 40.0. The molecule has 5 rings (SSSR count). The van der Waals surface area contributed by atoms with Crippen LogP contribution in [0.15, 0.2) is 98.1 Å². The zero-order valence-electron chi connectivity index (χ0n) is 18.3. The molecule has 1 aliphatic heterocycles. The average molecular weight is 520 g/mol. The molecular formula is C26H15ClFN3O4S. The molecule has 1 aromatic heterocycles. The molecule has 7 nitrogen and oxygen atoms in total. The molecule has 0 radical (unpaired) electrons. The van der Waals surface area contributed by atoms with E-state index in [-0.39, 0.29) is 10.7 Å². The lowest BCUT2D eigenvalue weighted by atomic mass is 10.2. The molecule has 0 atom stereocenters. The Balaban J connectivity index is 1.49. The van der Waals surface area contributed by atoms with E-state index in [0.717, 1.165) is 11.8 Å². The van der Waals surface area contributed by atoms with Gasteiger partial charge in [-0.25, -0.2) is 14.6 Å². The van der Waals surface area contributed by atoms with Crippen LogP contribution in [-0.4, -0.2) is 17.0 Å². The van der Waals surface area contributed by atoms with Gasteiger partial charge in [0.05, 0.1) is 10.6 Å². The number of carbonyl (C=O) groups excluding carboxylic acids is 2. The highest BCUT2D eigenvalue weighted by atomic mass is 35.5. The molecule has 2 heterocycles. The molecule has 1 aliphatic rings. The standard InChI is InChI=1S/C26H15ClFN3O4S/c27-17-5-3-6-19(14-17)31-24(33)22(12-15-8-10-18(28)11-9-15)36-26(31)30-29-23(32)20-13-16-4-1-2-7-21(16)35-25(20)34/h1-14H,(H,29,32)/b22-12-,30-26-. The van der Waals surface area contributed by atoms with Gasteiger partial charge in [0.15, 0.2) is 5.17 Å². The monoisotopic (exact) mass is 519 g/mol. The number of amides is 2. The average Bonchev–Trinajstić information content (AvgIpc) is 3.18. The molecule has 1 fully saturated rings. The Morgan fingerprint density at radius 2 is 1.81 bits per heavy atom. The van der Waals surface area contributed by atoms with Crippen molar-refractivity contribution in [3.8, 4) is 0 Å². The Labute approximate surface area is 212 Å². The fourth-order valence-corrected chi connectivity index (χ4v) is 4.61. The van der Waals surface area contributed by atoms with E-state index in [9.17, 15) is 18.8 Å². The minimum absolute atomic E-state index is 0.133. The molecule has 3 aromatic carbocycles. The van der Waals surface area contributed by atoms with E-state index in [1.165, 1.54) is 35.2 Å². The second kappa shape index (κ2) is 9.80. The maximum absolute atomic E-state index is 13.3. The van der Waals surface area contributed by atoms with Gasteiger partial charge in [0, 0.05) is 10.4 Å². The maximum atomic E-state index is 13.3. The van der Waals surface area contributed by atoms with Crippen molar-refractivity contribution in [3.63, 3.8) is 0 Å². The van der Waals surface area contributed by atoms with E-state index >= 15 is 0 Å². The topological polar surface area (TPSA) is 92.0 Å². The summed E-state index contributed by atoms with van der Waals surface area (Å²) in [6, 6.07) is 20.4. The van der Waals surface area contributed by atoms with Gasteiger partial charge in [-0.05, 0) is 65.9 Å². The van der Waals surface area contributed by atoms with Crippen molar-refractivity contribution < 1.29 is 18.4 Å². The molecule has 1 N–H and O–H groups in total. The molecule has 4 aromatic rings. The van der Waals surface area contributed by atoms with Crippen LogP contribution in [0.3, 0.4) is 0 Å². The number of nitrogens with one attached hydrogen (secondary N) is 1. The maximum Gasteiger partial charge on any atom is 0.349 e. The van der Waals surface area contributed by atoms with Crippen LogP contribution in [0.4, 0.5) is 10.1 Å². The Morgan fingerprint density at radius 1 is 1.03 bits per heavy atom. The van der Waals surface area contributed by atoms with E-state index < -0.39 is 23.3 Å². The molecular weight excluding hydrogens is 505 g/mol. The van der Waals surface area contributed by atoms with Gasteiger partial charge in [0.25, 0.3) is 11.8 Å². The zero-order valence-corrected chi connectivity index (χ0v) is 19.8. The predicted molar refractivity (Wildman–Crippen MR) is 138 cm³/mol. The normalized spacial score (nSPS) is 15.7. The smallest absolute Gasteiger partial charge is 0.349 e. The predicted octanol–water partition coefficient (Wildman–Crippen LogP) is 5.41. The first kappa shape index (κ1) is 23.5. The van der Waals surface area contributed by atoms with Crippen LogP contribution >= 0.6 is 23.4 Å². The Hall–Kier alpha value is -4.21. The van der Waals surface area contributed by atoms with Gasteiger partial charge in [-0.15, -0.1) is 5.10 Å². The lowest BCUT2D eigenvalue weighted by Gasteiger charge is -2.15. The minimum Gasteiger partial charge on any atom is -0.422 e. The van der Waals surface area contributed by atoms with Gasteiger partial charge in [0.1, 0.15) is 17.0 Å². The summed E-state index contributed by atoms with van der Waals surface area (Å²) in [5, 5.41) is 5.23. The first-order chi connectivity index (χ1) is 17.4. The molecule has 10 heteroatoms. The summed E-state index contributed by atoms with van der Waals surface area (Å²) in [7, 11) is 0. The van der Waals surface area contributed by atoms with Crippen molar-refractivity contribution in [2.24, 2.45) is 5.10 Å². The van der Waals surface area contributed by atoms with Gasteiger partial charge >= 0.3 is 5.63 Å². The van der Waals surface area contributed by atoms with Crippen molar-refractivity contribution in [3.05, 3.63) is 116 Å². The number of fused-ring (bicyclic) bond motifs is 1. The summed E-state index contributed by atoms with van der Waals surface area (Å²) in [6.07, 6.45) is 1.59. The van der Waals surface area contributed by atoms with Crippen molar-refractivity contribution >= 4 is 63.1 Å². The lowest BCUT2D eigenvalue weighted by molar-refractivity contribution is -0.113. The van der Waals surface area contributed by atoms with Crippen LogP contribution < -0.4 is 16.0 Å². The minimum atomic E-state index is -0.815. The molecule has 36 heavy (non-hydrogen) atoms. The highest BCUT2D eigenvalue weighted by Gasteiger charge is 2.35. The lowest BCUT2D eigenvalue weighted by Crippen LogP contribution is -2.32. The number of nitrogens with zero attached hydrogens (tertiary/aromatic N) is 2. The first-order valence-corrected chi connectivity index (χ1v) is 11.7. The number of halogens is 2. The number of rotatable bonds is 4. The Bertz CT molecular complexity index is 1630. The van der Waals surface area contributed by atoms with Gasteiger partial charge in [-0.1, -0.05) is 48.0 Å². The number of thioether (sulfide) groups is 1. The second-order valence-corrected chi connectivity index (χ2v) is 9.05. The van der Waals surface area contributed by atoms with E-state index in [1.807, 2.05) is 0 Å². The fraction of sp³-hybridized carbons (Fsp3) is 0. The second-order valence-electron chi connectivity index (χ2n) is 7.60. The third-order valence-corrected chi connectivity index (χ3v) is 6.38. The number of benzene rings is 3. The molecule has 178 valence electrons. The largest absolute Gasteiger partial charge is 0.422 e. The van der Waals surface area contributed by atoms with Crippen molar-refractivity contribution in [2.75, 3.05) is 4.90 Å². The summed E-state index contributed by atoms with van der Waals surface area (Å²) in [6.45, 7) is 0. The van der Waals surface area contributed by atoms with E-state index in [1.54, 1.807) is 54.6 Å². The third kappa shape index (κ3) is 4.79. The Morgan fingerprint density at radius 3 is 2.58 bits per heavy atom. The number of hydrogen-bond acceptors (Lipinski definition) is 6. The number of hydrogen-bond donors (Lipinski definition) is 1. The molecule has 0 unspecified atom stereocenters. The highest BCUT2D eigenvalue weighted by Crippen LogP contribution is 2.36. The molecule has 0 bridgehead atoms. The van der Waals surface area contributed by atoms with Crippen LogP contribution in [0.2, 0.25) is 5.02 Å². The van der Waals surface area contributed by atoms with Gasteiger partial charge in [-0.3, -0.25) is 14.5 Å². The van der Waals surface area contributed by atoms with Crippen LogP contribution in [-0.2, 0) is 4.79 Å². The van der Waals surface area contributed by atoms with E-state index in [2.05, 4.69) is 10.5 Å². The quantitative estimate of drug-likeness (QED) is 0.221. The number of hydrazone groups is 1. The number of para-hydroxylation sites is 1. The third-order valence-electron chi connectivity index (χ3n) is 5.18. The number of carbonyl (C=O) groups is 2. The number of anilines is 1. The van der Waals surface area contributed by atoms with E-state index in [4.69, 9.17) is 16.0 Å². The fourth-order valence-electron chi connectivity index (χ4n) is 3.48. The molecule has 0 aliphatic carbocycles. The molecule has 1 saturated heterocycles. The highest BCUT2D eigenvalue weighted by molar-refractivity contribution is 8.19. The summed E-state index contributed by atoms with van der Waals surface area (Å²) in [5.74, 6) is -1.60. The Kier molecular flexibility index (Phi) is 6.41. The van der Waals surface area contributed by atoms with Crippen LogP contribution in [0.25, 0.3) is 17.0 Å². The number of amidine groups is 1. The molecule has 2 amide bonds. The summed E-state index contributed by atoms with van der Waals surface area (Å²) < 4.78 is 18.5. The molecule has 0 spiro atoms. The van der Waals surface area contributed by atoms with Crippen molar-refractivity contribution in [1.82, 2.24) is 5.43 Å². The van der Waals surface area contributed by atoms with Crippen LogP contribution in [0.5, 0.6) is 0 Å². The van der Waals surface area contributed by atoms with Crippen molar-refractivity contribution in [2.45, 2.75) is 0 Å². The SMILES string of the molecule is O=C(N/N=C1\S/C(=C\c2ccc(F)cc2)C(=O)N1c1cccc(Cl)c1)c1cc2ccccc2oc1=O. The molecule has 0 saturated carbocycles. The summed E-state index contributed by atoms with van der Waals surface area (Å²) in [5.41, 5.74) is 2.68. The van der Waals surface area contributed by atoms with Crippen LogP contribution in [0, 0.1) is 5.82 Å². The van der Waals surface area contributed by atoms with Crippen LogP contribution in [0.1, 0.15) is 15.9 Å². The van der Waals surface area contributed by atoms with E-state index in [0.29, 0.717) is 32.1 Å². The summed E-state index contributed by atoms with van der Waals surface area (Å²) >= 11 is 7.13. The van der Waals surface area contributed by atoms with Crippen molar-refractivity contribution in [1.29, 1.82) is 0 Å². The van der Waals surface area contributed by atoms with Gasteiger partial charge in [-0.2, -0.15) is 0 Å². The zero-order chi connectivity index (χ0) is 25.2. The first-order valence-electron chi connectivity index (χ1n) is 10.5. The van der Waals surface area contributed by atoms with Gasteiger partial charge < -0.3 is 4.42 Å². The van der Waals surface area contributed by atoms with Gasteiger partial charge in [0.2, 0.25) is 0 Å².